The molecule has 0 aliphatic carbocycles. The van der Waals surface area contributed by atoms with E-state index in [1.165, 1.54) is 24.3 Å². The highest BCUT2D eigenvalue weighted by molar-refractivity contribution is 5.80. The highest BCUT2D eigenvalue weighted by Crippen LogP contribution is 2.25. The highest BCUT2D eigenvalue weighted by Gasteiger charge is 2.33. The number of carboxylic acids is 1. The number of carbonyl (C=O) groups is 2. The van der Waals surface area contributed by atoms with Crippen LogP contribution in [-0.2, 0) is 22.1 Å². The number of hydrogen-bond acceptors (Lipinski definition) is 5. The van der Waals surface area contributed by atoms with E-state index in [9.17, 15) is 37.5 Å². The first-order chi connectivity index (χ1) is 14.2. The van der Waals surface area contributed by atoms with Crippen molar-refractivity contribution < 1.29 is 32.6 Å². The maximum atomic E-state index is 12.7. The van der Waals surface area contributed by atoms with Crippen molar-refractivity contribution in [1.29, 1.82) is 0 Å². The molecule has 0 unspecified atom stereocenters. The van der Waals surface area contributed by atoms with Gasteiger partial charge in [0.1, 0.15) is 17.3 Å². The molecule has 1 aromatic carbocycles. The molecule has 3 N–H and O–H groups in total. The lowest BCUT2D eigenvalue weighted by atomic mass is 10.1. The zero-order valence-electron chi connectivity index (χ0n) is 16.7. The van der Waals surface area contributed by atoms with Crippen molar-refractivity contribution in [3.05, 3.63) is 62.4 Å². The maximum absolute atomic E-state index is 12.7. The van der Waals surface area contributed by atoms with E-state index in [1.807, 2.05) is 0 Å². The Morgan fingerprint density at radius 3 is 2.19 bits per heavy atom. The Kier molecular flexibility index (Phi) is 6.62. The van der Waals surface area contributed by atoms with Gasteiger partial charge in [-0.15, -0.1) is 0 Å². The number of aromatic amines is 1. The second kappa shape index (κ2) is 8.66. The number of halogens is 3. The van der Waals surface area contributed by atoms with E-state index in [0.29, 0.717) is 10.1 Å². The number of carboxylic acid groups (broad SMARTS) is 1. The molecule has 1 heterocycles. The van der Waals surface area contributed by atoms with Gasteiger partial charge < -0.3 is 20.1 Å². The molecule has 2 rings (SSSR count). The van der Waals surface area contributed by atoms with E-state index in [0.717, 1.165) is 0 Å². The SMILES string of the molecule is CC(C)(C)OC(=O)N[C@@H](Cc1ccc(-n2c(=O)cc(C(F)(F)F)[nH]c2=O)cc1)C(=O)O. The standard InChI is InChI=1S/C19H20F3N3O6/c1-18(2,3)31-17(30)23-12(15(27)28)8-10-4-6-11(7-5-10)25-14(26)9-13(19(20,21)22)24-16(25)29/h4-7,9,12H,8H2,1-3H3,(H,23,30)(H,24,29)(H,27,28)/t12-/m0/s1. The van der Waals surface area contributed by atoms with Gasteiger partial charge in [-0.1, -0.05) is 12.1 Å². The molecule has 12 heteroatoms. The lowest BCUT2D eigenvalue weighted by molar-refractivity contribution is -0.141. The van der Waals surface area contributed by atoms with E-state index < -0.39 is 46.8 Å². The van der Waals surface area contributed by atoms with Crippen molar-refractivity contribution in [2.75, 3.05) is 0 Å². The van der Waals surface area contributed by atoms with Crippen LogP contribution in [0.5, 0.6) is 0 Å². The molecule has 0 radical (unpaired) electrons. The minimum absolute atomic E-state index is 0.0179. The molecule has 1 amide bonds. The van der Waals surface area contributed by atoms with E-state index in [2.05, 4.69) is 5.32 Å². The van der Waals surface area contributed by atoms with Gasteiger partial charge in [-0.25, -0.2) is 19.0 Å². The van der Waals surface area contributed by atoms with Gasteiger partial charge in [-0.2, -0.15) is 13.2 Å². The minimum atomic E-state index is -4.88. The number of hydrogen-bond donors (Lipinski definition) is 3. The lowest BCUT2D eigenvalue weighted by Crippen LogP contribution is -2.44. The largest absolute Gasteiger partial charge is 0.480 e. The summed E-state index contributed by atoms with van der Waals surface area (Å²) in [5.41, 5.74) is -4.34. The number of amides is 1. The van der Waals surface area contributed by atoms with Gasteiger partial charge >= 0.3 is 23.9 Å². The minimum Gasteiger partial charge on any atom is -0.480 e. The summed E-state index contributed by atoms with van der Waals surface area (Å²) >= 11 is 0. The van der Waals surface area contributed by atoms with Crippen LogP contribution in [0.15, 0.2) is 39.9 Å². The molecule has 9 nitrogen and oxygen atoms in total. The van der Waals surface area contributed by atoms with Crippen LogP contribution in [0.4, 0.5) is 18.0 Å². The predicted molar refractivity (Wildman–Crippen MR) is 102 cm³/mol. The summed E-state index contributed by atoms with van der Waals surface area (Å²) in [7, 11) is 0. The zero-order chi connectivity index (χ0) is 23.6. The molecule has 0 saturated heterocycles. The zero-order valence-corrected chi connectivity index (χ0v) is 16.7. The Balaban J connectivity index is 2.23. The molecule has 0 fully saturated rings. The first-order valence-corrected chi connectivity index (χ1v) is 8.92. The van der Waals surface area contributed by atoms with Crippen LogP contribution in [0.25, 0.3) is 5.69 Å². The number of rotatable bonds is 5. The second-order valence-electron chi connectivity index (χ2n) is 7.57. The van der Waals surface area contributed by atoms with Gasteiger partial charge in [0, 0.05) is 12.5 Å². The number of aliphatic carboxylic acids is 1. The fourth-order valence-corrected chi connectivity index (χ4v) is 2.56. The Morgan fingerprint density at radius 1 is 1.16 bits per heavy atom. The lowest BCUT2D eigenvalue weighted by Gasteiger charge is -2.22. The van der Waals surface area contributed by atoms with Gasteiger partial charge in [0.15, 0.2) is 0 Å². The molecule has 0 bridgehead atoms. The van der Waals surface area contributed by atoms with Gasteiger partial charge in [0.05, 0.1) is 5.69 Å². The van der Waals surface area contributed by atoms with Crippen LogP contribution in [-0.4, -0.2) is 38.4 Å². The average Bonchev–Trinajstić information content (AvgIpc) is 2.59. The fourth-order valence-electron chi connectivity index (χ4n) is 2.56. The van der Waals surface area contributed by atoms with E-state index in [-0.39, 0.29) is 18.2 Å². The Morgan fingerprint density at radius 2 is 1.74 bits per heavy atom. The Hall–Kier alpha value is -3.57. The fraction of sp³-hybridized carbons (Fsp3) is 0.368. The van der Waals surface area contributed by atoms with Crippen molar-refractivity contribution in [3.8, 4) is 5.69 Å². The number of nitrogens with one attached hydrogen (secondary N) is 2. The van der Waals surface area contributed by atoms with Gasteiger partial charge in [0.25, 0.3) is 5.56 Å². The first-order valence-electron chi connectivity index (χ1n) is 8.92. The van der Waals surface area contributed by atoms with E-state index in [1.54, 1.807) is 25.8 Å². The summed E-state index contributed by atoms with van der Waals surface area (Å²) in [6.45, 7) is 4.85. The third-order valence-electron chi connectivity index (χ3n) is 3.86. The van der Waals surface area contributed by atoms with Crippen LogP contribution in [0.2, 0.25) is 0 Å². The maximum Gasteiger partial charge on any atom is 0.431 e. The Labute approximate surface area is 173 Å². The number of aromatic nitrogens is 2. The van der Waals surface area contributed by atoms with Crippen LogP contribution < -0.4 is 16.6 Å². The molecule has 2 aromatic rings. The molecule has 1 atom stereocenters. The molecule has 0 aliphatic rings. The van der Waals surface area contributed by atoms with Crippen molar-refractivity contribution in [1.82, 2.24) is 14.9 Å². The molecular weight excluding hydrogens is 423 g/mol. The summed E-state index contributed by atoms with van der Waals surface area (Å²) in [4.78, 5) is 48.8. The smallest absolute Gasteiger partial charge is 0.431 e. The number of alkyl halides is 3. The normalized spacial score (nSPS) is 12.8. The predicted octanol–water partition coefficient (Wildman–Crippen LogP) is 2.06. The summed E-state index contributed by atoms with van der Waals surface area (Å²) in [5, 5.41) is 11.6. The van der Waals surface area contributed by atoms with Gasteiger partial charge in [-0.3, -0.25) is 4.79 Å². The van der Waals surface area contributed by atoms with Crippen LogP contribution in [0, 0.1) is 0 Å². The number of alkyl carbamates (subject to hydrolysis) is 1. The van der Waals surface area contributed by atoms with Crippen LogP contribution in [0.1, 0.15) is 32.0 Å². The molecule has 168 valence electrons. The van der Waals surface area contributed by atoms with Crippen LogP contribution >= 0.6 is 0 Å². The summed E-state index contributed by atoms with van der Waals surface area (Å²) < 4.78 is 43.6. The van der Waals surface area contributed by atoms with Gasteiger partial charge in [-0.05, 0) is 38.5 Å². The summed E-state index contributed by atoms with van der Waals surface area (Å²) in [6, 6.07) is 4.24. The molecule has 1 aromatic heterocycles. The molecule has 31 heavy (non-hydrogen) atoms. The van der Waals surface area contributed by atoms with Crippen molar-refractivity contribution in [2.24, 2.45) is 0 Å². The van der Waals surface area contributed by atoms with E-state index >= 15 is 0 Å². The number of ether oxygens (including phenoxy) is 1. The number of carbonyl (C=O) groups excluding carboxylic acids is 1. The topological polar surface area (TPSA) is 130 Å². The van der Waals surface area contributed by atoms with Crippen molar-refractivity contribution >= 4 is 12.1 Å². The van der Waals surface area contributed by atoms with Crippen LogP contribution in [0.3, 0.4) is 0 Å². The second-order valence-corrected chi connectivity index (χ2v) is 7.57. The molecule has 0 aliphatic heterocycles. The first kappa shape index (κ1) is 23.7. The third kappa shape index (κ3) is 6.46. The van der Waals surface area contributed by atoms with Crippen molar-refractivity contribution in [3.63, 3.8) is 0 Å². The van der Waals surface area contributed by atoms with E-state index in [4.69, 9.17) is 4.74 Å². The third-order valence-corrected chi connectivity index (χ3v) is 3.86. The average molecular weight is 443 g/mol. The number of nitrogens with zero attached hydrogens (tertiary/aromatic N) is 1. The van der Waals surface area contributed by atoms with Gasteiger partial charge in [0.2, 0.25) is 0 Å². The monoisotopic (exact) mass is 443 g/mol. The highest BCUT2D eigenvalue weighted by atomic mass is 19.4. The van der Waals surface area contributed by atoms with Crippen molar-refractivity contribution in [2.45, 2.75) is 45.0 Å². The number of benzene rings is 1. The quantitative estimate of drug-likeness (QED) is 0.649. The molecule has 0 spiro atoms. The molecular formula is C19H20F3N3O6. The summed E-state index contributed by atoms with van der Waals surface area (Å²) in [6.07, 6.45) is -5.94. The Bertz CT molecular complexity index is 1050. The summed E-state index contributed by atoms with van der Waals surface area (Å²) in [5.74, 6) is -1.31. The molecule has 0 saturated carbocycles. The number of H-pyrrole nitrogens is 1.